The van der Waals surface area contributed by atoms with E-state index >= 15 is 0 Å². The summed E-state index contributed by atoms with van der Waals surface area (Å²) < 4.78 is 0. The largest absolute Gasteiger partial charge is 0.507 e. The molecule has 1 saturated carbocycles. The van der Waals surface area contributed by atoms with Crippen LogP contribution in [0.2, 0.25) is 0 Å². The number of amides is 4. The SMILES string of the molecule is O=C1CCC(N2C(=O)c3ccc(N4CCC(CN5CC6CC(C5)C6CN5CCN6c7cc(-c8ccccc8O)nnc7NC[C@H]6C5)CC4)cc3C2=O)C(=O)N1. The Morgan fingerprint density at radius 1 is 0.782 bits per heavy atom. The van der Waals surface area contributed by atoms with Crippen LogP contribution in [0, 0.1) is 23.7 Å². The van der Waals surface area contributed by atoms with Crippen molar-refractivity contribution in [3.63, 3.8) is 0 Å². The molecule has 6 fully saturated rings. The number of imide groups is 2. The Hall–Kier alpha value is -5.08. The van der Waals surface area contributed by atoms with Crippen molar-refractivity contribution in [1.29, 1.82) is 0 Å². The van der Waals surface area contributed by atoms with Gasteiger partial charge in [0, 0.05) is 83.1 Å². The maximum atomic E-state index is 13.4. The van der Waals surface area contributed by atoms with Gasteiger partial charge in [-0.3, -0.25) is 34.3 Å². The number of phenols is 1. The Bertz CT molecular complexity index is 2060. The standard InChI is InChI=1S/C41H47N9O5/c51-36-4-2-1-3-30(36)33-17-35-38(45-44-33)42-18-28-22-46(13-14-49(28)35)23-32-25-15-26(32)21-47(20-25)19-24-9-11-48(12-10-24)27-5-6-29-31(16-27)41(55)50(40(29)54)34-7-8-37(52)43-39(34)53/h1-6,16-17,24-26,28,32,34,51H,7-15,18-23H2,(H,42,45)(H,43,52,53)/t25?,26?,28-,32?,34?/m0/s1. The molecule has 3 unspecified atom stereocenters. The van der Waals surface area contributed by atoms with Crippen LogP contribution >= 0.6 is 0 Å². The monoisotopic (exact) mass is 745 g/mol. The summed E-state index contributed by atoms with van der Waals surface area (Å²) in [5.74, 6) is 2.10. The van der Waals surface area contributed by atoms with Crippen LogP contribution < -0.4 is 20.4 Å². The van der Waals surface area contributed by atoms with E-state index in [1.54, 1.807) is 12.1 Å². The first-order valence-electron chi connectivity index (χ1n) is 20.0. The molecule has 8 aliphatic rings. The summed E-state index contributed by atoms with van der Waals surface area (Å²) >= 11 is 0. The second kappa shape index (κ2) is 13.6. The van der Waals surface area contributed by atoms with E-state index in [0.29, 0.717) is 34.3 Å². The smallest absolute Gasteiger partial charge is 0.262 e. The molecular weight excluding hydrogens is 699 g/mol. The van der Waals surface area contributed by atoms with E-state index in [4.69, 9.17) is 0 Å². The number of carbonyl (C=O) groups is 4. The van der Waals surface area contributed by atoms with Crippen LogP contribution in [0.25, 0.3) is 11.3 Å². The summed E-state index contributed by atoms with van der Waals surface area (Å²) in [5, 5.41) is 25.1. The number of rotatable bonds is 7. The summed E-state index contributed by atoms with van der Waals surface area (Å²) in [6.07, 6.45) is 3.79. The third-order valence-electron chi connectivity index (χ3n) is 13.5. The topological polar surface area (TPSA) is 155 Å². The number of piperazine rings is 1. The maximum Gasteiger partial charge on any atom is 0.262 e. The third kappa shape index (κ3) is 6.10. The number of benzene rings is 2. The molecular formula is C41H47N9O5. The van der Waals surface area contributed by atoms with Gasteiger partial charge in [0.25, 0.3) is 11.8 Å². The van der Waals surface area contributed by atoms with E-state index < -0.39 is 23.8 Å². The lowest BCUT2D eigenvalue weighted by atomic mass is 9.61. The number of piperidine rings is 4. The molecule has 5 saturated heterocycles. The molecule has 0 radical (unpaired) electrons. The van der Waals surface area contributed by atoms with Crippen LogP contribution in [0.4, 0.5) is 17.2 Å². The van der Waals surface area contributed by atoms with Gasteiger partial charge in [-0.05, 0) is 85.8 Å². The number of aromatic hydroxyl groups is 1. The summed E-state index contributed by atoms with van der Waals surface area (Å²) in [7, 11) is 0. The van der Waals surface area contributed by atoms with Crippen molar-refractivity contribution in [2.75, 3.05) is 80.6 Å². The van der Waals surface area contributed by atoms with Crippen LogP contribution in [0.1, 0.15) is 52.8 Å². The average Bonchev–Trinajstić information content (AvgIpc) is 3.45. The van der Waals surface area contributed by atoms with Crippen LogP contribution in [0.3, 0.4) is 0 Å². The van der Waals surface area contributed by atoms with Gasteiger partial charge in [-0.15, -0.1) is 10.2 Å². The molecule has 14 heteroatoms. The number of hydrogen-bond donors (Lipinski definition) is 3. The fourth-order valence-corrected chi connectivity index (χ4v) is 10.6. The summed E-state index contributed by atoms with van der Waals surface area (Å²) in [6, 6.07) is 14.2. The number of carbonyl (C=O) groups excluding carboxylic acids is 4. The van der Waals surface area contributed by atoms with Gasteiger partial charge in [0.15, 0.2) is 5.82 Å². The Balaban J connectivity index is 0.701. The molecule has 0 spiro atoms. The predicted molar refractivity (Wildman–Crippen MR) is 205 cm³/mol. The molecule has 1 aliphatic carbocycles. The van der Waals surface area contributed by atoms with E-state index in [0.717, 1.165) is 98.5 Å². The molecule has 2 bridgehead atoms. The number of anilines is 3. The van der Waals surface area contributed by atoms with E-state index in [2.05, 4.69) is 46.5 Å². The Morgan fingerprint density at radius 2 is 1.58 bits per heavy atom. The first-order chi connectivity index (χ1) is 26.8. The number of nitrogens with one attached hydrogen (secondary N) is 2. The molecule has 14 nitrogen and oxygen atoms in total. The van der Waals surface area contributed by atoms with Gasteiger partial charge in [0.2, 0.25) is 11.8 Å². The summed E-state index contributed by atoms with van der Waals surface area (Å²) in [6.45, 7) is 10.4. The van der Waals surface area contributed by atoms with E-state index in [1.165, 1.54) is 26.1 Å². The fraction of sp³-hybridized carbons (Fsp3) is 0.512. The zero-order chi connectivity index (χ0) is 37.4. The molecule has 286 valence electrons. The van der Waals surface area contributed by atoms with Gasteiger partial charge in [-0.1, -0.05) is 12.1 Å². The van der Waals surface area contributed by atoms with Gasteiger partial charge >= 0.3 is 0 Å². The predicted octanol–water partition coefficient (Wildman–Crippen LogP) is 2.65. The van der Waals surface area contributed by atoms with E-state index in [-0.39, 0.29) is 24.5 Å². The number of hydrogen-bond acceptors (Lipinski definition) is 12. The van der Waals surface area contributed by atoms with Crippen LogP contribution in [-0.2, 0) is 9.59 Å². The highest BCUT2D eigenvalue weighted by molar-refractivity contribution is 6.23. The molecule has 8 heterocycles. The molecule has 3 aromatic rings. The van der Waals surface area contributed by atoms with Gasteiger partial charge in [-0.2, -0.15) is 0 Å². The minimum atomic E-state index is -0.951. The number of para-hydroxylation sites is 1. The quantitative estimate of drug-likeness (QED) is 0.305. The van der Waals surface area contributed by atoms with Crippen LogP contribution in [-0.4, -0.2) is 131 Å². The molecule has 7 aliphatic heterocycles. The number of aromatic nitrogens is 2. The van der Waals surface area contributed by atoms with Crippen molar-refractivity contribution in [1.82, 2.24) is 30.2 Å². The lowest BCUT2D eigenvalue weighted by molar-refractivity contribution is -0.136. The number of phenolic OH excluding ortho intramolecular Hbond substituents is 1. The third-order valence-corrected chi connectivity index (χ3v) is 13.5. The van der Waals surface area contributed by atoms with Crippen molar-refractivity contribution >= 4 is 40.8 Å². The minimum Gasteiger partial charge on any atom is -0.507 e. The van der Waals surface area contributed by atoms with E-state index in [1.807, 2.05) is 30.3 Å². The van der Waals surface area contributed by atoms with Gasteiger partial charge in [0.05, 0.1) is 28.6 Å². The molecule has 4 amide bonds. The molecule has 11 rings (SSSR count). The molecule has 3 N–H and O–H groups in total. The van der Waals surface area contributed by atoms with Gasteiger partial charge in [-0.25, -0.2) is 0 Å². The first kappa shape index (κ1) is 34.4. The Kier molecular flexibility index (Phi) is 8.50. The van der Waals surface area contributed by atoms with Crippen molar-refractivity contribution < 1.29 is 24.3 Å². The summed E-state index contributed by atoms with van der Waals surface area (Å²) in [4.78, 5) is 61.8. The molecule has 55 heavy (non-hydrogen) atoms. The summed E-state index contributed by atoms with van der Waals surface area (Å²) in [5.41, 5.74) is 4.06. The number of fused-ring (bicyclic) bond motifs is 6. The zero-order valence-electron chi connectivity index (χ0n) is 30.9. The van der Waals surface area contributed by atoms with Crippen LogP contribution in [0.5, 0.6) is 5.75 Å². The highest BCUT2D eigenvalue weighted by atomic mass is 16.3. The van der Waals surface area contributed by atoms with Gasteiger partial charge < -0.3 is 25.1 Å². The van der Waals surface area contributed by atoms with Crippen molar-refractivity contribution in [3.8, 4) is 17.0 Å². The lowest BCUT2D eigenvalue weighted by Crippen LogP contribution is -2.62. The zero-order valence-corrected chi connectivity index (χ0v) is 30.9. The van der Waals surface area contributed by atoms with Crippen molar-refractivity contribution in [2.24, 2.45) is 23.7 Å². The molecule has 1 aromatic heterocycles. The van der Waals surface area contributed by atoms with Gasteiger partial charge in [0.1, 0.15) is 11.8 Å². The van der Waals surface area contributed by atoms with Crippen molar-refractivity contribution in [3.05, 3.63) is 59.7 Å². The van der Waals surface area contributed by atoms with E-state index in [9.17, 15) is 24.3 Å². The second-order valence-electron chi connectivity index (χ2n) is 16.7. The highest BCUT2D eigenvalue weighted by Gasteiger charge is 2.48. The Morgan fingerprint density at radius 3 is 2.38 bits per heavy atom. The maximum absolute atomic E-state index is 13.4. The molecule has 4 atom stereocenters. The second-order valence-corrected chi connectivity index (χ2v) is 16.7. The fourth-order valence-electron chi connectivity index (χ4n) is 10.6. The molecule has 2 aromatic carbocycles. The minimum absolute atomic E-state index is 0.109. The lowest BCUT2D eigenvalue weighted by Gasteiger charge is -2.56. The highest BCUT2D eigenvalue weighted by Crippen LogP contribution is 2.47. The Labute approximate surface area is 319 Å². The van der Waals surface area contributed by atoms with Crippen LogP contribution in [0.15, 0.2) is 48.5 Å². The normalized spacial score (nSPS) is 28.3. The average molecular weight is 746 g/mol. The van der Waals surface area contributed by atoms with Crippen molar-refractivity contribution in [2.45, 2.75) is 44.2 Å². The number of nitrogens with zero attached hydrogens (tertiary/aromatic N) is 7. The first-order valence-corrected chi connectivity index (χ1v) is 20.0.